The monoisotopic (exact) mass is 561 g/mol. The zero-order valence-electron chi connectivity index (χ0n) is 24.9. The maximum Gasteiger partial charge on any atom is 0.258 e. The molecule has 1 aliphatic heterocycles. The van der Waals surface area contributed by atoms with Gasteiger partial charge < -0.3 is 15.1 Å². The van der Waals surface area contributed by atoms with Gasteiger partial charge in [-0.15, -0.1) is 0 Å². The topological polar surface area (TPSA) is 69.7 Å². The van der Waals surface area contributed by atoms with Gasteiger partial charge in [-0.2, -0.15) is 0 Å². The van der Waals surface area contributed by atoms with Crippen LogP contribution in [0.5, 0.6) is 0 Å². The average Bonchev–Trinajstić information content (AvgIpc) is 3.23. The minimum absolute atomic E-state index is 0.0303. The van der Waals surface area contributed by atoms with Gasteiger partial charge in [0.2, 0.25) is 11.8 Å². The molecule has 0 radical (unpaired) electrons. The highest BCUT2D eigenvalue weighted by Crippen LogP contribution is 2.37. The third-order valence-electron chi connectivity index (χ3n) is 7.66. The maximum atomic E-state index is 14.0. The fourth-order valence-electron chi connectivity index (χ4n) is 5.63. The van der Waals surface area contributed by atoms with Crippen LogP contribution in [0, 0.1) is 6.92 Å². The Bertz CT molecular complexity index is 1580. The number of hydrogen-bond acceptors (Lipinski definition) is 3. The van der Waals surface area contributed by atoms with Crippen LogP contribution in [0.4, 0.5) is 5.69 Å². The first-order valence-corrected chi connectivity index (χ1v) is 14.7. The molecule has 0 spiro atoms. The molecule has 5 rings (SSSR count). The molecule has 4 aromatic carbocycles. The normalized spacial score (nSPS) is 13.3. The summed E-state index contributed by atoms with van der Waals surface area (Å²) >= 11 is 0. The molecule has 0 aliphatic carbocycles. The lowest BCUT2D eigenvalue weighted by Crippen LogP contribution is -2.54. The van der Waals surface area contributed by atoms with Gasteiger partial charge >= 0.3 is 0 Å². The average molecular weight is 562 g/mol. The van der Waals surface area contributed by atoms with Gasteiger partial charge in [0.15, 0.2) is 0 Å². The predicted octanol–water partition coefficient (Wildman–Crippen LogP) is 6.44. The molecule has 0 aromatic heterocycles. The molecule has 0 saturated carbocycles. The second-order valence-corrected chi connectivity index (χ2v) is 12.2. The molecule has 0 unspecified atom stereocenters. The van der Waals surface area contributed by atoms with Crippen molar-refractivity contribution in [2.45, 2.75) is 65.1 Å². The van der Waals surface area contributed by atoms with Crippen molar-refractivity contribution >= 4 is 34.2 Å². The number of amides is 3. The van der Waals surface area contributed by atoms with Crippen molar-refractivity contribution in [3.63, 3.8) is 0 Å². The van der Waals surface area contributed by atoms with Crippen molar-refractivity contribution < 1.29 is 14.4 Å². The molecule has 1 atom stereocenters. The fourth-order valence-corrected chi connectivity index (χ4v) is 5.63. The van der Waals surface area contributed by atoms with Crippen LogP contribution in [0.1, 0.15) is 60.7 Å². The molecule has 6 nitrogen and oxygen atoms in total. The van der Waals surface area contributed by atoms with Crippen LogP contribution in [-0.4, -0.2) is 40.7 Å². The number of nitrogens with one attached hydrogen (secondary N) is 1. The van der Waals surface area contributed by atoms with Gasteiger partial charge in [0.25, 0.3) is 5.91 Å². The Morgan fingerprint density at radius 1 is 0.857 bits per heavy atom. The molecule has 1 aliphatic rings. The van der Waals surface area contributed by atoms with Gasteiger partial charge in [-0.05, 0) is 62.8 Å². The van der Waals surface area contributed by atoms with Crippen molar-refractivity contribution in [3.05, 3.63) is 113 Å². The number of anilines is 1. The summed E-state index contributed by atoms with van der Waals surface area (Å²) in [6, 6.07) is 28.9. The number of hydrogen-bond donors (Lipinski definition) is 1. The molecule has 0 saturated heterocycles. The Labute approximate surface area is 248 Å². The standard InChI is InChI=1S/C36H39N3O3/c1-25-18-20-27(21-19-25)24-39(31(34(41)37-36(2,3)4)23-26-11-6-5-7-12-26)32(40)17-10-22-38-30-16-9-14-28-13-8-15-29(33(28)30)35(38)42/h5-9,11-16,18-21,31H,10,17,22-24H2,1-4H3,(H,37,41)/t31-/m0/s1. The highest BCUT2D eigenvalue weighted by molar-refractivity contribution is 6.25. The van der Waals surface area contributed by atoms with Crippen LogP contribution in [0.25, 0.3) is 10.8 Å². The van der Waals surface area contributed by atoms with E-state index in [4.69, 9.17) is 0 Å². The number of benzene rings is 4. The molecule has 216 valence electrons. The summed E-state index contributed by atoms with van der Waals surface area (Å²) in [5, 5.41) is 5.12. The van der Waals surface area contributed by atoms with E-state index in [0.29, 0.717) is 31.5 Å². The number of carbonyl (C=O) groups is 3. The van der Waals surface area contributed by atoms with E-state index < -0.39 is 11.6 Å². The zero-order chi connectivity index (χ0) is 29.9. The van der Waals surface area contributed by atoms with Gasteiger partial charge in [0.1, 0.15) is 6.04 Å². The Morgan fingerprint density at radius 2 is 1.55 bits per heavy atom. The van der Waals surface area contributed by atoms with Gasteiger partial charge in [0, 0.05) is 42.4 Å². The number of carbonyl (C=O) groups excluding carboxylic acids is 3. The van der Waals surface area contributed by atoms with Crippen LogP contribution in [0.3, 0.4) is 0 Å². The maximum absolute atomic E-state index is 14.0. The van der Waals surface area contributed by atoms with Crippen molar-refractivity contribution in [2.75, 3.05) is 11.4 Å². The third-order valence-corrected chi connectivity index (χ3v) is 7.66. The largest absolute Gasteiger partial charge is 0.350 e. The third kappa shape index (κ3) is 6.54. The number of rotatable bonds is 10. The fraction of sp³-hybridized carbons (Fsp3) is 0.306. The predicted molar refractivity (Wildman–Crippen MR) is 168 cm³/mol. The lowest BCUT2D eigenvalue weighted by Gasteiger charge is -2.34. The van der Waals surface area contributed by atoms with Crippen LogP contribution >= 0.6 is 0 Å². The first-order valence-electron chi connectivity index (χ1n) is 14.7. The summed E-state index contributed by atoms with van der Waals surface area (Å²) in [7, 11) is 0. The van der Waals surface area contributed by atoms with Crippen LogP contribution in [0.2, 0.25) is 0 Å². The van der Waals surface area contributed by atoms with E-state index in [-0.39, 0.29) is 24.1 Å². The van der Waals surface area contributed by atoms with E-state index in [2.05, 4.69) is 5.32 Å². The smallest absolute Gasteiger partial charge is 0.258 e. The van der Waals surface area contributed by atoms with E-state index in [1.165, 1.54) is 0 Å². The minimum atomic E-state index is -0.688. The molecule has 42 heavy (non-hydrogen) atoms. The highest BCUT2D eigenvalue weighted by Gasteiger charge is 2.33. The Balaban J connectivity index is 1.38. The van der Waals surface area contributed by atoms with Crippen LogP contribution < -0.4 is 10.2 Å². The summed E-state index contributed by atoms with van der Waals surface area (Å²) in [6.45, 7) is 8.61. The number of aryl methyl sites for hydroxylation is 1. The Hall–Kier alpha value is -4.45. The molecular formula is C36H39N3O3. The molecule has 1 heterocycles. The van der Waals surface area contributed by atoms with Gasteiger partial charge in [-0.1, -0.05) is 84.4 Å². The molecular weight excluding hydrogens is 522 g/mol. The molecule has 6 heteroatoms. The molecule has 4 aromatic rings. The summed E-state index contributed by atoms with van der Waals surface area (Å²) < 4.78 is 0. The molecule has 3 amide bonds. The lowest BCUT2D eigenvalue weighted by atomic mass is 10.00. The van der Waals surface area contributed by atoms with Crippen molar-refractivity contribution in [2.24, 2.45) is 0 Å². The van der Waals surface area contributed by atoms with E-state index in [9.17, 15) is 14.4 Å². The van der Waals surface area contributed by atoms with E-state index >= 15 is 0 Å². The van der Waals surface area contributed by atoms with E-state index in [0.717, 1.165) is 33.2 Å². The molecule has 0 bridgehead atoms. The van der Waals surface area contributed by atoms with Crippen molar-refractivity contribution in [3.8, 4) is 0 Å². The Kier molecular flexibility index (Phi) is 8.44. The highest BCUT2D eigenvalue weighted by atomic mass is 16.2. The number of nitrogens with zero attached hydrogens (tertiary/aromatic N) is 2. The first-order chi connectivity index (χ1) is 20.1. The Morgan fingerprint density at radius 3 is 2.24 bits per heavy atom. The zero-order valence-corrected chi connectivity index (χ0v) is 24.9. The summed E-state index contributed by atoms with van der Waals surface area (Å²) in [5.74, 6) is -0.316. The second-order valence-electron chi connectivity index (χ2n) is 12.2. The lowest BCUT2D eigenvalue weighted by molar-refractivity contribution is -0.142. The van der Waals surface area contributed by atoms with Gasteiger partial charge in [-0.3, -0.25) is 14.4 Å². The summed E-state index contributed by atoms with van der Waals surface area (Å²) in [6.07, 6.45) is 1.11. The first kappa shape index (κ1) is 29.1. The summed E-state index contributed by atoms with van der Waals surface area (Å²) in [5.41, 5.74) is 4.24. The van der Waals surface area contributed by atoms with Gasteiger partial charge in [0.05, 0.1) is 5.69 Å². The quantitative estimate of drug-likeness (QED) is 0.242. The van der Waals surface area contributed by atoms with Crippen molar-refractivity contribution in [1.82, 2.24) is 10.2 Å². The van der Waals surface area contributed by atoms with Crippen LogP contribution in [-0.2, 0) is 22.6 Å². The molecule has 0 fully saturated rings. The SMILES string of the molecule is Cc1ccc(CN(C(=O)CCCN2C(=O)c3cccc4cccc2c34)[C@@H](Cc2ccccc2)C(=O)NC(C)(C)C)cc1. The van der Waals surface area contributed by atoms with E-state index in [1.807, 2.05) is 119 Å². The van der Waals surface area contributed by atoms with E-state index in [1.54, 1.807) is 9.80 Å². The van der Waals surface area contributed by atoms with Crippen LogP contribution in [0.15, 0.2) is 91.0 Å². The summed E-state index contributed by atoms with van der Waals surface area (Å²) in [4.78, 5) is 44.5. The minimum Gasteiger partial charge on any atom is -0.350 e. The molecule has 1 N–H and O–H groups in total. The second kappa shape index (κ2) is 12.2. The van der Waals surface area contributed by atoms with Crippen molar-refractivity contribution in [1.29, 1.82) is 0 Å². The van der Waals surface area contributed by atoms with Gasteiger partial charge in [-0.25, -0.2) is 0 Å².